The molecule has 32 heavy (non-hydrogen) atoms. The molecule has 0 aromatic carbocycles. The van der Waals surface area contributed by atoms with Crippen LogP contribution in [0.15, 0.2) is 61.4 Å². The second-order valence-electron chi connectivity index (χ2n) is 8.21. The standard InChI is InChI=1S/C23H29N7O2/c31-22(32)16-28(14-20-8-2-6-12-25-20)23(10-4-1-5-11-23)29(19-30-18-24-17-27-30)15-21-9-3-7-13-26-21/h2-3,6-9,12-13,17-18H,1,4-5,10-11,14-16,19H2,(H,31,32). The van der Waals surface area contributed by atoms with Gasteiger partial charge in [0.15, 0.2) is 0 Å². The van der Waals surface area contributed by atoms with Gasteiger partial charge in [-0.15, -0.1) is 0 Å². The highest BCUT2D eigenvalue weighted by Gasteiger charge is 2.44. The third-order valence-corrected chi connectivity index (χ3v) is 6.10. The maximum absolute atomic E-state index is 12.0. The van der Waals surface area contributed by atoms with E-state index in [1.807, 2.05) is 36.4 Å². The number of aliphatic carboxylic acids is 1. The van der Waals surface area contributed by atoms with E-state index in [9.17, 15) is 9.90 Å². The smallest absolute Gasteiger partial charge is 0.317 e. The van der Waals surface area contributed by atoms with Gasteiger partial charge in [-0.3, -0.25) is 24.6 Å². The zero-order chi connectivity index (χ0) is 22.2. The van der Waals surface area contributed by atoms with Crippen molar-refractivity contribution in [2.24, 2.45) is 0 Å². The number of hydrogen-bond acceptors (Lipinski definition) is 7. The highest BCUT2D eigenvalue weighted by atomic mass is 16.4. The van der Waals surface area contributed by atoms with Crippen molar-refractivity contribution in [2.75, 3.05) is 6.54 Å². The van der Waals surface area contributed by atoms with E-state index in [0.29, 0.717) is 19.8 Å². The van der Waals surface area contributed by atoms with Crippen molar-refractivity contribution in [2.45, 2.75) is 57.5 Å². The van der Waals surface area contributed by atoms with E-state index in [0.717, 1.165) is 43.5 Å². The number of hydrogen-bond donors (Lipinski definition) is 1. The number of carboxylic acid groups (broad SMARTS) is 1. The van der Waals surface area contributed by atoms with E-state index < -0.39 is 11.6 Å². The molecule has 1 N–H and O–H groups in total. The summed E-state index contributed by atoms with van der Waals surface area (Å²) in [5, 5.41) is 14.1. The van der Waals surface area contributed by atoms with E-state index >= 15 is 0 Å². The van der Waals surface area contributed by atoms with Crippen LogP contribution in [-0.2, 0) is 24.6 Å². The molecule has 3 heterocycles. The molecule has 0 bridgehead atoms. The summed E-state index contributed by atoms with van der Waals surface area (Å²) in [4.78, 5) is 29.5. The van der Waals surface area contributed by atoms with Gasteiger partial charge < -0.3 is 5.11 Å². The van der Waals surface area contributed by atoms with Crippen LogP contribution in [0.1, 0.15) is 43.5 Å². The van der Waals surface area contributed by atoms with E-state index in [-0.39, 0.29) is 6.54 Å². The Hall–Kier alpha value is -3.17. The van der Waals surface area contributed by atoms with Crippen LogP contribution < -0.4 is 0 Å². The van der Waals surface area contributed by atoms with Gasteiger partial charge >= 0.3 is 5.97 Å². The zero-order valence-corrected chi connectivity index (χ0v) is 18.1. The molecule has 3 aromatic heterocycles. The average Bonchev–Trinajstić information content (AvgIpc) is 3.33. The van der Waals surface area contributed by atoms with Gasteiger partial charge in [0.05, 0.1) is 30.3 Å². The SMILES string of the molecule is O=C(O)CN(Cc1ccccn1)C1(N(Cc2ccccn2)Cn2cncn2)CCCCC1. The van der Waals surface area contributed by atoms with Gasteiger partial charge in [0.2, 0.25) is 0 Å². The molecule has 1 saturated carbocycles. The largest absolute Gasteiger partial charge is 0.480 e. The molecular formula is C23H29N7O2. The summed E-state index contributed by atoms with van der Waals surface area (Å²) in [5.41, 5.74) is 1.33. The number of carboxylic acids is 1. The fraction of sp³-hybridized carbons (Fsp3) is 0.435. The van der Waals surface area contributed by atoms with Crippen LogP contribution in [-0.4, -0.2) is 57.8 Å². The molecule has 0 spiro atoms. The lowest BCUT2D eigenvalue weighted by Crippen LogP contribution is -2.62. The van der Waals surface area contributed by atoms with Gasteiger partial charge in [0.25, 0.3) is 0 Å². The molecule has 1 aliphatic carbocycles. The summed E-state index contributed by atoms with van der Waals surface area (Å²) < 4.78 is 1.79. The Bertz CT molecular complexity index is 961. The predicted molar refractivity (Wildman–Crippen MR) is 118 cm³/mol. The molecule has 168 valence electrons. The van der Waals surface area contributed by atoms with E-state index in [4.69, 9.17) is 0 Å². The number of aromatic nitrogens is 5. The molecule has 0 aliphatic heterocycles. The first-order valence-corrected chi connectivity index (χ1v) is 11.0. The van der Waals surface area contributed by atoms with Crippen molar-refractivity contribution in [3.8, 4) is 0 Å². The van der Waals surface area contributed by atoms with Crippen LogP contribution in [0.25, 0.3) is 0 Å². The van der Waals surface area contributed by atoms with E-state index in [1.165, 1.54) is 6.33 Å². The Morgan fingerprint density at radius 2 is 1.62 bits per heavy atom. The van der Waals surface area contributed by atoms with E-state index in [1.54, 1.807) is 23.4 Å². The van der Waals surface area contributed by atoms with Crippen LogP contribution in [0.5, 0.6) is 0 Å². The molecular weight excluding hydrogens is 406 g/mol. The van der Waals surface area contributed by atoms with Gasteiger partial charge in [-0.2, -0.15) is 5.10 Å². The molecule has 0 saturated heterocycles. The van der Waals surface area contributed by atoms with Gasteiger partial charge in [-0.25, -0.2) is 9.67 Å². The number of carbonyl (C=O) groups is 1. The lowest BCUT2D eigenvalue weighted by molar-refractivity contribution is -0.151. The van der Waals surface area contributed by atoms with Crippen LogP contribution >= 0.6 is 0 Å². The third-order valence-electron chi connectivity index (χ3n) is 6.10. The average molecular weight is 436 g/mol. The fourth-order valence-corrected chi connectivity index (χ4v) is 4.65. The quantitative estimate of drug-likeness (QED) is 0.485. The first-order valence-electron chi connectivity index (χ1n) is 11.0. The maximum atomic E-state index is 12.0. The summed E-state index contributed by atoms with van der Waals surface area (Å²) in [6.45, 7) is 1.48. The minimum absolute atomic E-state index is 0.0628. The normalized spacial score (nSPS) is 15.8. The van der Waals surface area contributed by atoms with Crippen molar-refractivity contribution < 1.29 is 9.90 Å². The van der Waals surface area contributed by atoms with Gasteiger partial charge in [-0.1, -0.05) is 31.4 Å². The molecule has 0 atom stereocenters. The number of nitrogens with zero attached hydrogens (tertiary/aromatic N) is 7. The van der Waals surface area contributed by atoms with Crippen molar-refractivity contribution in [3.63, 3.8) is 0 Å². The second-order valence-corrected chi connectivity index (χ2v) is 8.21. The molecule has 9 nitrogen and oxygen atoms in total. The highest BCUT2D eigenvalue weighted by molar-refractivity contribution is 5.69. The summed E-state index contributed by atoms with van der Waals surface area (Å²) in [7, 11) is 0. The third kappa shape index (κ3) is 5.35. The molecule has 4 rings (SSSR count). The molecule has 0 unspecified atom stereocenters. The van der Waals surface area contributed by atoms with Crippen molar-refractivity contribution in [1.29, 1.82) is 0 Å². The Morgan fingerprint density at radius 1 is 0.969 bits per heavy atom. The fourth-order valence-electron chi connectivity index (χ4n) is 4.65. The topological polar surface area (TPSA) is 100 Å². The van der Waals surface area contributed by atoms with Crippen LogP contribution in [0.2, 0.25) is 0 Å². The van der Waals surface area contributed by atoms with Crippen LogP contribution in [0, 0.1) is 0 Å². The molecule has 0 radical (unpaired) electrons. The second kappa shape index (κ2) is 10.4. The maximum Gasteiger partial charge on any atom is 0.317 e. The van der Waals surface area contributed by atoms with Gasteiger partial charge in [0.1, 0.15) is 12.7 Å². The van der Waals surface area contributed by atoms with Gasteiger partial charge in [-0.05, 0) is 37.1 Å². The predicted octanol–water partition coefficient (Wildman–Crippen LogP) is 2.78. The monoisotopic (exact) mass is 435 g/mol. The first kappa shape index (κ1) is 22.0. The molecule has 3 aromatic rings. The summed E-state index contributed by atoms with van der Waals surface area (Å²) in [6, 6.07) is 11.7. The van der Waals surface area contributed by atoms with Gasteiger partial charge in [0, 0.05) is 25.5 Å². The molecule has 1 aliphatic rings. The summed E-state index contributed by atoms with van der Waals surface area (Å²) in [5.74, 6) is -0.843. The zero-order valence-electron chi connectivity index (χ0n) is 18.1. The van der Waals surface area contributed by atoms with Crippen molar-refractivity contribution in [1.82, 2.24) is 34.5 Å². The number of pyridine rings is 2. The minimum atomic E-state index is -0.843. The molecule has 0 amide bonds. The van der Waals surface area contributed by atoms with Crippen LogP contribution in [0.4, 0.5) is 0 Å². The Kier molecular flexibility index (Phi) is 7.18. The summed E-state index contributed by atoms with van der Waals surface area (Å²) >= 11 is 0. The first-order chi connectivity index (χ1) is 15.7. The molecule has 1 fully saturated rings. The molecule has 9 heteroatoms. The Labute approximate surface area is 187 Å². The van der Waals surface area contributed by atoms with Crippen LogP contribution in [0.3, 0.4) is 0 Å². The van der Waals surface area contributed by atoms with Crippen molar-refractivity contribution >= 4 is 5.97 Å². The Balaban J connectivity index is 1.73. The minimum Gasteiger partial charge on any atom is -0.480 e. The summed E-state index contributed by atoms with van der Waals surface area (Å²) in [6.07, 6.45) is 11.7. The lowest BCUT2D eigenvalue weighted by Gasteiger charge is -2.52. The highest BCUT2D eigenvalue weighted by Crippen LogP contribution is 2.39. The van der Waals surface area contributed by atoms with Crippen molar-refractivity contribution in [3.05, 3.63) is 72.8 Å². The van der Waals surface area contributed by atoms with E-state index in [2.05, 4.69) is 29.9 Å². The lowest BCUT2D eigenvalue weighted by atomic mass is 9.85. The number of rotatable bonds is 10. The Morgan fingerprint density at radius 3 is 2.16 bits per heavy atom.